The molecule has 0 bridgehead atoms. The Morgan fingerprint density at radius 1 is 0.480 bits per heavy atom. The molecule has 0 unspecified atom stereocenters. The van der Waals surface area contributed by atoms with Crippen molar-refractivity contribution in [1.29, 1.82) is 0 Å². The Balaban J connectivity index is 0.00000392. The van der Waals surface area contributed by atoms with Crippen molar-refractivity contribution in [3.05, 3.63) is 131 Å². The van der Waals surface area contributed by atoms with E-state index in [9.17, 15) is 0 Å². The number of ether oxygens (including phenoxy) is 2. The van der Waals surface area contributed by atoms with E-state index in [2.05, 4.69) is 59.2 Å². The van der Waals surface area contributed by atoms with Gasteiger partial charge in [-0.05, 0) is 121 Å². The Morgan fingerprint density at radius 3 is 1.30 bits per heavy atom. The van der Waals surface area contributed by atoms with Gasteiger partial charge < -0.3 is 20.1 Å². The summed E-state index contributed by atoms with van der Waals surface area (Å²) >= 11 is 14.3. The highest BCUT2D eigenvalue weighted by Gasteiger charge is 2.14. The Bertz CT molecular complexity index is 2350. The standard InChI is InChI=1S/C40H28Cl2N4O2S.ClH/c1-47-27-9-17-35-33(21-27)39(31-15-3-23(41)19-37(31)45-35)43-25-5-11-29(12-6-25)49-30-13-7-26(8-14-30)44-40-32-16-4-24(42)20-38(32)46-36-18-10-28(48-2)22-34(36)40;/h3-22H,1-2H3,(H,43,45)(H,44,46);1H. The smallest absolute Gasteiger partial charge is 0.119 e. The molecule has 0 fully saturated rings. The predicted octanol–water partition coefficient (Wildman–Crippen LogP) is 12.5. The number of halogens is 3. The summed E-state index contributed by atoms with van der Waals surface area (Å²) in [4.78, 5) is 11.9. The molecule has 2 aromatic heterocycles. The van der Waals surface area contributed by atoms with Crippen molar-refractivity contribution in [2.75, 3.05) is 24.9 Å². The van der Waals surface area contributed by atoms with Crippen molar-refractivity contribution < 1.29 is 9.47 Å². The first-order valence-corrected chi connectivity index (χ1v) is 17.1. The number of anilines is 4. The maximum absolute atomic E-state index is 6.32. The Kier molecular flexibility index (Phi) is 9.49. The van der Waals surface area contributed by atoms with Crippen LogP contribution in [0, 0.1) is 0 Å². The van der Waals surface area contributed by atoms with Crippen molar-refractivity contribution in [2.45, 2.75) is 9.79 Å². The molecule has 0 aliphatic heterocycles. The molecule has 2 N–H and O–H groups in total. The van der Waals surface area contributed by atoms with E-state index >= 15 is 0 Å². The first-order chi connectivity index (χ1) is 23.9. The highest BCUT2D eigenvalue weighted by Crippen LogP contribution is 2.39. The van der Waals surface area contributed by atoms with Gasteiger partial charge in [-0.15, -0.1) is 12.4 Å². The lowest BCUT2D eigenvalue weighted by atomic mass is 10.1. The number of hydrogen-bond acceptors (Lipinski definition) is 7. The van der Waals surface area contributed by atoms with Gasteiger partial charge in [-0.3, -0.25) is 0 Å². The second-order valence-electron chi connectivity index (χ2n) is 11.5. The molecule has 8 aromatic rings. The quantitative estimate of drug-likeness (QED) is 0.151. The molecular formula is C40H29Cl3N4O2S. The van der Waals surface area contributed by atoms with Crippen LogP contribution >= 0.6 is 47.4 Å². The van der Waals surface area contributed by atoms with Crippen molar-refractivity contribution in [1.82, 2.24) is 9.97 Å². The predicted molar refractivity (Wildman–Crippen MR) is 212 cm³/mol. The van der Waals surface area contributed by atoms with Gasteiger partial charge in [-0.25, -0.2) is 9.97 Å². The second-order valence-corrected chi connectivity index (χ2v) is 13.5. The number of benzene rings is 6. The number of nitrogens with one attached hydrogen (secondary N) is 2. The van der Waals surface area contributed by atoms with E-state index < -0.39 is 0 Å². The van der Waals surface area contributed by atoms with E-state index in [1.54, 1.807) is 26.0 Å². The molecule has 0 aliphatic carbocycles. The largest absolute Gasteiger partial charge is 0.497 e. The van der Waals surface area contributed by atoms with E-state index in [0.29, 0.717) is 10.0 Å². The number of rotatable bonds is 8. The summed E-state index contributed by atoms with van der Waals surface area (Å²) in [5, 5.41) is 12.5. The minimum absolute atomic E-state index is 0. The Labute approximate surface area is 309 Å². The number of aromatic nitrogens is 2. The second kappa shape index (κ2) is 14.1. The molecule has 0 saturated carbocycles. The van der Waals surface area contributed by atoms with Crippen LogP contribution in [0.3, 0.4) is 0 Å². The summed E-state index contributed by atoms with van der Waals surface area (Å²) in [7, 11) is 3.34. The van der Waals surface area contributed by atoms with Gasteiger partial charge in [-0.1, -0.05) is 35.0 Å². The lowest BCUT2D eigenvalue weighted by Gasteiger charge is -2.15. The molecule has 6 nitrogen and oxygen atoms in total. The lowest BCUT2D eigenvalue weighted by Crippen LogP contribution is -1.96. The summed E-state index contributed by atoms with van der Waals surface area (Å²) < 4.78 is 11.0. The molecule has 50 heavy (non-hydrogen) atoms. The zero-order valence-corrected chi connectivity index (χ0v) is 30.0. The van der Waals surface area contributed by atoms with Gasteiger partial charge in [0.15, 0.2) is 0 Å². The first kappa shape index (κ1) is 33.6. The van der Waals surface area contributed by atoms with Crippen molar-refractivity contribution in [2.24, 2.45) is 0 Å². The van der Waals surface area contributed by atoms with Crippen molar-refractivity contribution >= 4 is 114 Å². The third-order valence-electron chi connectivity index (χ3n) is 8.37. The van der Waals surface area contributed by atoms with E-state index in [-0.39, 0.29) is 12.4 Å². The molecule has 0 aliphatic rings. The van der Waals surface area contributed by atoms with Crippen LogP contribution in [0.4, 0.5) is 22.7 Å². The minimum atomic E-state index is 0. The first-order valence-electron chi connectivity index (χ1n) is 15.5. The van der Waals surface area contributed by atoms with Gasteiger partial charge in [0, 0.05) is 52.8 Å². The average Bonchev–Trinajstić information content (AvgIpc) is 3.12. The van der Waals surface area contributed by atoms with Crippen LogP contribution in [0.25, 0.3) is 43.6 Å². The Hall–Kier alpha value is -4.92. The van der Waals surface area contributed by atoms with Crippen LogP contribution in [-0.4, -0.2) is 24.2 Å². The number of hydrogen-bond donors (Lipinski definition) is 2. The van der Waals surface area contributed by atoms with Gasteiger partial charge >= 0.3 is 0 Å². The fraction of sp³-hybridized carbons (Fsp3) is 0.0500. The molecule has 248 valence electrons. The molecule has 0 amide bonds. The van der Waals surface area contributed by atoms with Crippen molar-refractivity contribution in [3.63, 3.8) is 0 Å². The molecule has 0 radical (unpaired) electrons. The van der Waals surface area contributed by atoms with E-state index in [1.807, 2.05) is 72.8 Å². The topological polar surface area (TPSA) is 68.3 Å². The van der Waals surface area contributed by atoms with Gasteiger partial charge in [0.05, 0.1) is 47.7 Å². The van der Waals surface area contributed by atoms with E-state index in [4.69, 9.17) is 42.6 Å². The third-order valence-corrected chi connectivity index (χ3v) is 9.86. The number of pyridine rings is 2. The number of fused-ring (bicyclic) bond motifs is 4. The molecule has 6 aromatic carbocycles. The SMILES string of the molecule is COc1ccc2nc3cc(Cl)ccc3c(Nc3ccc(Sc4ccc(Nc5c6ccc(Cl)cc6nc6ccc(OC)cc56)cc4)cc3)c2c1.Cl. The van der Waals surface area contributed by atoms with Crippen LogP contribution in [0.5, 0.6) is 11.5 Å². The van der Waals surface area contributed by atoms with Gasteiger partial charge in [0.1, 0.15) is 11.5 Å². The molecule has 8 rings (SSSR count). The molecule has 0 atom stereocenters. The van der Waals surface area contributed by atoms with Crippen LogP contribution in [0.1, 0.15) is 0 Å². The highest BCUT2D eigenvalue weighted by atomic mass is 35.5. The normalized spacial score (nSPS) is 11.1. The monoisotopic (exact) mass is 734 g/mol. The molecular weight excluding hydrogens is 707 g/mol. The van der Waals surface area contributed by atoms with Crippen LogP contribution in [0.2, 0.25) is 10.0 Å². The van der Waals surface area contributed by atoms with Gasteiger partial charge in [0.2, 0.25) is 0 Å². The summed E-state index contributed by atoms with van der Waals surface area (Å²) in [6.45, 7) is 0. The summed E-state index contributed by atoms with van der Waals surface area (Å²) in [5.41, 5.74) is 7.20. The maximum Gasteiger partial charge on any atom is 0.119 e. The van der Waals surface area contributed by atoms with E-state index in [0.717, 1.165) is 87.7 Å². The zero-order valence-electron chi connectivity index (χ0n) is 26.8. The van der Waals surface area contributed by atoms with Crippen molar-refractivity contribution in [3.8, 4) is 11.5 Å². The molecule has 0 spiro atoms. The van der Waals surface area contributed by atoms with Crippen LogP contribution in [0.15, 0.2) is 131 Å². The number of nitrogens with zero attached hydrogens (tertiary/aromatic N) is 2. The van der Waals surface area contributed by atoms with Crippen LogP contribution in [-0.2, 0) is 0 Å². The average molecular weight is 736 g/mol. The molecule has 2 heterocycles. The molecule has 10 heteroatoms. The third kappa shape index (κ3) is 6.65. The van der Waals surface area contributed by atoms with E-state index in [1.165, 1.54) is 0 Å². The van der Waals surface area contributed by atoms with Gasteiger partial charge in [-0.2, -0.15) is 0 Å². The molecule has 0 saturated heterocycles. The fourth-order valence-electron chi connectivity index (χ4n) is 5.95. The van der Waals surface area contributed by atoms with Gasteiger partial charge in [0.25, 0.3) is 0 Å². The maximum atomic E-state index is 6.32. The number of methoxy groups -OCH3 is 2. The van der Waals surface area contributed by atoms with Crippen LogP contribution < -0.4 is 20.1 Å². The summed E-state index contributed by atoms with van der Waals surface area (Å²) in [6, 6.07) is 40.2. The summed E-state index contributed by atoms with van der Waals surface area (Å²) in [5.74, 6) is 1.54. The Morgan fingerprint density at radius 2 is 0.900 bits per heavy atom. The fourth-order valence-corrected chi connectivity index (χ4v) is 7.10. The lowest BCUT2D eigenvalue weighted by molar-refractivity contribution is 0.415. The zero-order chi connectivity index (χ0) is 33.5. The minimum Gasteiger partial charge on any atom is -0.497 e. The summed E-state index contributed by atoms with van der Waals surface area (Å²) in [6.07, 6.45) is 0. The highest BCUT2D eigenvalue weighted by molar-refractivity contribution is 7.99.